The molecule has 2 N–H and O–H groups in total. The lowest BCUT2D eigenvalue weighted by Crippen LogP contribution is -2.21. The molecular formula is C23H18ClF3N2O2S. The Bertz CT molecular complexity index is 1120. The first-order valence-electron chi connectivity index (χ1n) is 9.41. The van der Waals surface area contributed by atoms with Gasteiger partial charge in [-0.15, -0.1) is 11.3 Å². The Morgan fingerprint density at radius 1 is 1.06 bits per heavy atom. The van der Waals surface area contributed by atoms with Gasteiger partial charge in [-0.3, -0.25) is 0 Å². The van der Waals surface area contributed by atoms with Gasteiger partial charge >= 0.3 is 12.1 Å². The minimum absolute atomic E-state index is 0.0504. The lowest BCUT2D eigenvalue weighted by atomic mass is 10.1. The van der Waals surface area contributed by atoms with E-state index in [2.05, 4.69) is 4.99 Å². The number of esters is 1. The summed E-state index contributed by atoms with van der Waals surface area (Å²) in [6.07, 6.45) is -3.37. The fourth-order valence-corrected chi connectivity index (χ4v) is 3.51. The van der Waals surface area contributed by atoms with E-state index in [1.807, 2.05) is 17.5 Å². The van der Waals surface area contributed by atoms with Crippen molar-refractivity contribution < 1.29 is 22.7 Å². The van der Waals surface area contributed by atoms with Gasteiger partial charge in [0.1, 0.15) is 5.70 Å². The van der Waals surface area contributed by atoms with Crippen LogP contribution in [0.25, 0.3) is 0 Å². The highest BCUT2D eigenvalue weighted by molar-refractivity contribution is 7.09. The summed E-state index contributed by atoms with van der Waals surface area (Å²) in [5, 5.41) is 2.22. The summed E-state index contributed by atoms with van der Waals surface area (Å²) in [6, 6.07) is 16.2. The highest BCUT2D eigenvalue weighted by Crippen LogP contribution is 2.27. The number of nitrogens with two attached hydrogens (primary N) is 1. The Morgan fingerprint density at radius 3 is 2.38 bits per heavy atom. The zero-order chi connectivity index (χ0) is 23.1. The number of halogens is 4. The molecule has 0 unspecified atom stereocenters. The zero-order valence-corrected chi connectivity index (χ0v) is 18.2. The van der Waals surface area contributed by atoms with Crippen molar-refractivity contribution in [2.45, 2.75) is 12.6 Å². The van der Waals surface area contributed by atoms with Crippen LogP contribution in [0, 0.1) is 0 Å². The molecule has 0 fully saturated rings. The number of alkyl halides is 3. The van der Waals surface area contributed by atoms with Gasteiger partial charge < -0.3 is 10.5 Å². The van der Waals surface area contributed by atoms with Crippen molar-refractivity contribution in [2.24, 2.45) is 10.7 Å². The first kappa shape index (κ1) is 23.6. The van der Waals surface area contributed by atoms with E-state index in [1.165, 1.54) is 24.3 Å². The number of ether oxygens (including phenoxy) is 1. The quantitative estimate of drug-likeness (QED) is 0.319. The molecule has 0 spiro atoms. The van der Waals surface area contributed by atoms with E-state index >= 15 is 0 Å². The molecule has 0 aliphatic heterocycles. The monoisotopic (exact) mass is 478 g/mol. The SMILES string of the molecule is N/C(=C\C(=Nc1ccccc1Cl)c1ccc(C(=O)OCCc2cccs2)cc1)C(F)(F)F. The second-order valence-electron chi connectivity index (χ2n) is 6.59. The smallest absolute Gasteiger partial charge is 0.430 e. The van der Waals surface area contributed by atoms with Crippen molar-refractivity contribution in [1.29, 1.82) is 0 Å². The molecule has 9 heteroatoms. The maximum Gasteiger partial charge on any atom is 0.430 e. The third-order valence-electron chi connectivity index (χ3n) is 4.29. The molecule has 1 aromatic heterocycles. The van der Waals surface area contributed by atoms with Crippen LogP contribution in [0.1, 0.15) is 20.8 Å². The number of para-hydroxylation sites is 1. The maximum absolute atomic E-state index is 13.0. The predicted molar refractivity (Wildman–Crippen MR) is 121 cm³/mol. The Hall–Kier alpha value is -3.10. The number of allylic oxidation sites excluding steroid dienone is 2. The average molecular weight is 479 g/mol. The number of rotatable bonds is 7. The average Bonchev–Trinajstić information content (AvgIpc) is 3.27. The molecular weight excluding hydrogens is 461 g/mol. The minimum Gasteiger partial charge on any atom is -0.462 e. The molecule has 3 rings (SSSR count). The lowest BCUT2D eigenvalue weighted by Gasteiger charge is -2.10. The molecule has 0 saturated heterocycles. The Balaban J connectivity index is 1.82. The molecule has 0 saturated carbocycles. The summed E-state index contributed by atoms with van der Waals surface area (Å²) < 4.78 is 44.3. The van der Waals surface area contributed by atoms with E-state index in [0.717, 1.165) is 11.0 Å². The highest BCUT2D eigenvalue weighted by atomic mass is 35.5. The third kappa shape index (κ3) is 6.45. The normalized spacial score (nSPS) is 12.6. The van der Waals surface area contributed by atoms with Crippen LogP contribution in [0.5, 0.6) is 0 Å². The van der Waals surface area contributed by atoms with Gasteiger partial charge in [-0.25, -0.2) is 9.79 Å². The number of hydrogen-bond acceptors (Lipinski definition) is 5. The third-order valence-corrected chi connectivity index (χ3v) is 5.55. The number of benzene rings is 2. The first-order chi connectivity index (χ1) is 15.2. The van der Waals surface area contributed by atoms with Gasteiger partial charge in [0.05, 0.1) is 28.6 Å². The molecule has 0 bridgehead atoms. The molecule has 0 atom stereocenters. The number of carbonyl (C=O) groups is 1. The fourth-order valence-electron chi connectivity index (χ4n) is 2.64. The molecule has 0 amide bonds. The minimum atomic E-state index is -4.71. The highest BCUT2D eigenvalue weighted by Gasteiger charge is 2.31. The van der Waals surface area contributed by atoms with Gasteiger partial charge in [-0.05, 0) is 41.8 Å². The summed E-state index contributed by atoms with van der Waals surface area (Å²) in [5.41, 5.74) is 4.73. The van der Waals surface area contributed by atoms with Crippen LogP contribution in [-0.4, -0.2) is 24.5 Å². The number of thiophene rings is 1. The van der Waals surface area contributed by atoms with Crippen molar-refractivity contribution in [1.82, 2.24) is 0 Å². The Labute approximate surface area is 191 Å². The maximum atomic E-state index is 13.0. The summed E-state index contributed by atoms with van der Waals surface area (Å²) in [5.74, 6) is -0.525. The van der Waals surface area contributed by atoms with Crippen molar-refractivity contribution in [2.75, 3.05) is 6.61 Å². The molecule has 1 heterocycles. The predicted octanol–water partition coefficient (Wildman–Crippen LogP) is 6.33. The molecule has 4 nitrogen and oxygen atoms in total. The van der Waals surface area contributed by atoms with Crippen molar-refractivity contribution >= 4 is 40.3 Å². The summed E-state index contributed by atoms with van der Waals surface area (Å²) >= 11 is 7.67. The van der Waals surface area contributed by atoms with Gasteiger partial charge in [0.15, 0.2) is 0 Å². The van der Waals surface area contributed by atoms with Crippen LogP contribution in [0.4, 0.5) is 18.9 Å². The lowest BCUT2D eigenvalue weighted by molar-refractivity contribution is -0.0925. The molecule has 0 aliphatic carbocycles. The topological polar surface area (TPSA) is 64.7 Å². The van der Waals surface area contributed by atoms with E-state index in [0.29, 0.717) is 12.0 Å². The number of hydrogen-bond donors (Lipinski definition) is 1. The van der Waals surface area contributed by atoms with Gasteiger partial charge in [-0.2, -0.15) is 13.2 Å². The van der Waals surface area contributed by atoms with E-state index in [4.69, 9.17) is 22.1 Å². The summed E-state index contributed by atoms with van der Waals surface area (Å²) in [6.45, 7) is 0.227. The summed E-state index contributed by atoms with van der Waals surface area (Å²) in [4.78, 5) is 17.6. The van der Waals surface area contributed by atoms with E-state index < -0.39 is 17.8 Å². The van der Waals surface area contributed by atoms with Crippen LogP contribution < -0.4 is 5.73 Å². The van der Waals surface area contributed by atoms with E-state index in [9.17, 15) is 18.0 Å². The standard InChI is InChI=1S/C23H18ClF3N2O2S/c24-18-5-1-2-6-19(18)29-20(14-21(28)23(25,26)27)15-7-9-16(10-8-15)22(30)31-12-11-17-4-3-13-32-17/h1-10,13-14H,11-12,28H2/b21-14-,29-20?. The van der Waals surface area contributed by atoms with Gasteiger partial charge in [0.25, 0.3) is 0 Å². The van der Waals surface area contributed by atoms with Crippen LogP contribution >= 0.6 is 22.9 Å². The molecule has 2 aromatic carbocycles. The molecule has 166 valence electrons. The Kier molecular flexibility index (Phi) is 7.71. The van der Waals surface area contributed by atoms with Crippen molar-refractivity contribution in [3.63, 3.8) is 0 Å². The van der Waals surface area contributed by atoms with Crippen LogP contribution in [0.3, 0.4) is 0 Å². The van der Waals surface area contributed by atoms with Gasteiger partial charge in [0, 0.05) is 16.9 Å². The van der Waals surface area contributed by atoms with Crippen molar-refractivity contribution in [3.05, 3.63) is 98.8 Å². The summed E-state index contributed by atoms with van der Waals surface area (Å²) in [7, 11) is 0. The van der Waals surface area contributed by atoms with Crippen LogP contribution in [0.2, 0.25) is 5.02 Å². The molecule has 32 heavy (non-hydrogen) atoms. The van der Waals surface area contributed by atoms with Crippen LogP contribution in [-0.2, 0) is 11.2 Å². The van der Waals surface area contributed by atoms with Gasteiger partial charge in [-0.1, -0.05) is 41.9 Å². The zero-order valence-electron chi connectivity index (χ0n) is 16.6. The number of nitrogens with zero attached hydrogens (tertiary/aromatic N) is 1. The van der Waals surface area contributed by atoms with Crippen molar-refractivity contribution in [3.8, 4) is 0 Å². The van der Waals surface area contributed by atoms with Gasteiger partial charge in [0.2, 0.25) is 0 Å². The van der Waals surface area contributed by atoms with E-state index in [-0.39, 0.29) is 28.6 Å². The van der Waals surface area contributed by atoms with Crippen LogP contribution in [0.15, 0.2) is 82.8 Å². The Morgan fingerprint density at radius 2 is 1.75 bits per heavy atom. The number of aliphatic imine (C=N–C) groups is 1. The van der Waals surface area contributed by atoms with E-state index in [1.54, 1.807) is 35.6 Å². The molecule has 0 aliphatic rings. The largest absolute Gasteiger partial charge is 0.462 e. The second-order valence-corrected chi connectivity index (χ2v) is 8.03. The molecule has 3 aromatic rings. The second kappa shape index (κ2) is 10.5. The first-order valence-corrected chi connectivity index (χ1v) is 10.7. The number of carbonyl (C=O) groups excluding carboxylic acids is 1. The fraction of sp³-hybridized carbons (Fsp3) is 0.130. The molecule has 0 radical (unpaired) electrons.